The van der Waals surface area contributed by atoms with E-state index in [-0.39, 0.29) is 46.6 Å². The lowest BCUT2D eigenvalue weighted by Gasteiger charge is -2.51. The smallest absolute Gasteiger partial charge is 0.226 e. The Hall–Kier alpha value is -3.96. The Morgan fingerprint density at radius 2 is 1.97 bits per heavy atom. The van der Waals surface area contributed by atoms with Gasteiger partial charge in [0.25, 0.3) is 0 Å². The summed E-state index contributed by atoms with van der Waals surface area (Å²) in [6.07, 6.45) is 7.74. The fraction of sp³-hybridized carbons (Fsp3) is 0.310. The molecule has 6 heterocycles. The van der Waals surface area contributed by atoms with Crippen LogP contribution in [-0.4, -0.2) is 46.4 Å². The average Bonchev–Trinajstić information content (AvgIpc) is 3.06. The first kappa shape index (κ1) is 22.3. The SMILES string of the molecule is C#Cc1c(F)ccc2cc(O)cc(-c3nc4c5c(nc(C)c(C)c5c3F)N3C5CCC(NC5)C3CO4)c12. The number of pyridine rings is 2. The molecule has 4 aliphatic rings. The minimum absolute atomic E-state index is 0.0105. The van der Waals surface area contributed by atoms with Gasteiger partial charge in [-0.15, -0.1) is 6.42 Å². The van der Waals surface area contributed by atoms with Crippen molar-refractivity contribution < 1.29 is 18.6 Å². The number of rotatable bonds is 1. The van der Waals surface area contributed by atoms with E-state index in [1.165, 1.54) is 24.3 Å². The van der Waals surface area contributed by atoms with E-state index in [0.29, 0.717) is 39.5 Å². The molecule has 37 heavy (non-hydrogen) atoms. The summed E-state index contributed by atoms with van der Waals surface area (Å²) in [5, 5.41) is 15.8. The molecule has 0 saturated carbocycles. The minimum atomic E-state index is -0.601. The molecule has 3 fully saturated rings. The Morgan fingerprint density at radius 1 is 1.14 bits per heavy atom. The van der Waals surface area contributed by atoms with Crippen molar-refractivity contribution in [1.82, 2.24) is 15.3 Å². The number of piperazine rings is 1. The molecule has 3 atom stereocenters. The number of halogens is 2. The van der Waals surface area contributed by atoms with E-state index in [2.05, 4.69) is 21.1 Å². The monoisotopic (exact) mass is 498 g/mol. The lowest BCUT2D eigenvalue weighted by Crippen LogP contribution is -2.68. The van der Waals surface area contributed by atoms with Crippen molar-refractivity contribution in [3.8, 4) is 35.2 Å². The maximum atomic E-state index is 16.7. The summed E-state index contributed by atoms with van der Waals surface area (Å²) in [5.41, 5.74) is 1.54. The van der Waals surface area contributed by atoms with Gasteiger partial charge in [-0.25, -0.2) is 18.7 Å². The first-order valence-corrected chi connectivity index (χ1v) is 12.4. The van der Waals surface area contributed by atoms with Gasteiger partial charge >= 0.3 is 0 Å². The van der Waals surface area contributed by atoms with Gasteiger partial charge < -0.3 is 20.1 Å². The average molecular weight is 499 g/mol. The summed E-state index contributed by atoms with van der Waals surface area (Å²) >= 11 is 0. The van der Waals surface area contributed by atoms with Crippen LogP contribution in [0.4, 0.5) is 14.6 Å². The van der Waals surface area contributed by atoms with Gasteiger partial charge in [0.2, 0.25) is 5.88 Å². The molecule has 6 nitrogen and oxygen atoms in total. The molecular weight excluding hydrogens is 474 g/mol. The molecule has 2 bridgehead atoms. The zero-order valence-corrected chi connectivity index (χ0v) is 20.4. The van der Waals surface area contributed by atoms with Gasteiger partial charge in [0.1, 0.15) is 29.7 Å². The Bertz CT molecular complexity index is 1690. The van der Waals surface area contributed by atoms with Gasteiger partial charge in [-0.3, -0.25) is 0 Å². The molecule has 4 aromatic rings. The fourth-order valence-electron chi connectivity index (χ4n) is 6.39. The van der Waals surface area contributed by atoms with E-state index in [9.17, 15) is 9.50 Å². The normalized spacial score (nSPS) is 22.0. The molecule has 0 amide bonds. The van der Waals surface area contributed by atoms with Crippen LogP contribution in [0, 0.1) is 37.8 Å². The second-order valence-corrected chi connectivity index (χ2v) is 10.2. The molecule has 0 aliphatic carbocycles. The van der Waals surface area contributed by atoms with Gasteiger partial charge in [0, 0.05) is 40.7 Å². The number of piperidine rings is 2. The van der Waals surface area contributed by atoms with Crippen LogP contribution >= 0.6 is 0 Å². The van der Waals surface area contributed by atoms with Crippen molar-refractivity contribution in [2.75, 3.05) is 18.1 Å². The molecule has 2 aromatic carbocycles. The summed E-state index contributed by atoms with van der Waals surface area (Å²) in [4.78, 5) is 11.9. The van der Waals surface area contributed by atoms with Crippen LogP contribution < -0.4 is 15.0 Å². The minimum Gasteiger partial charge on any atom is -0.508 e. The van der Waals surface area contributed by atoms with Crippen molar-refractivity contribution in [3.05, 3.63) is 52.7 Å². The fourth-order valence-corrected chi connectivity index (χ4v) is 6.39. The number of benzene rings is 2. The first-order valence-electron chi connectivity index (χ1n) is 12.4. The number of hydrogen-bond acceptors (Lipinski definition) is 6. The lowest BCUT2D eigenvalue weighted by molar-refractivity contribution is 0.172. The summed E-state index contributed by atoms with van der Waals surface area (Å²) in [6, 6.07) is 6.14. The summed E-state index contributed by atoms with van der Waals surface area (Å²) in [6.45, 7) is 4.93. The van der Waals surface area contributed by atoms with Gasteiger partial charge in [0.05, 0.1) is 17.0 Å². The maximum Gasteiger partial charge on any atom is 0.226 e. The maximum absolute atomic E-state index is 16.7. The van der Waals surface area contributed by atoms with Gasteiger partial charge in [-0.1, -0.05) is 12.0 Å². The zero-order chi connectivity index (χ0) is 25.6. The largest absolute Gasteiger partial charge is 0.508 e. The van der Waals surface area contributed by atoms with Crippen molar-refractivity contribution >= 4 is 27.4 Å². The molecule has 2 N–H and O–H groups in total. The molecular formula is C29H24F2N4O2. The number of aromatic nitrogens is 2. The van der Waals surface area contributed by atoms with Gasteiger partial charge in [-0.05, 0) is 55.8 Å². The number of nitrogens with zero attached hydrogens (tertiary/aromatic N) is 3. The summed E-state index contributed by atoms with van der Waals surface area (Å²) < 4.78 is 37.7. The van der Waals surface area contributed by atoms with Gasteiger partial charge in [0.15, 0.2) is 5.82 Å². The highest BCUT2D eigenvalue weighted by Crippen LogP contribution is 2.46. The molecule has 0 radical (unpaired) electrons. The number of anilines is 1. The second kappa shape index (κ2) is 7.77. The molecule has 186 valence electrons. The third kappa shape index (κ3) is 3.01. The Balaban J connectivity index is 1.58. The lowest BCUT2D eigenvalue weighted by atomic mass is 9.86. The van der Waals surface area contributed by atoms with Crippen LogP contribution in [-0.2, 0) is 0 Å². The van der Waals surface area contributed by atoms with Crippen molar-refractivity contribution in [2.45, 2.75) is 44.8 Å². The Kier molecular flexibility index (Phi) is 4.67. The predicted octanol–water partition coefficient (Wildman–Crippen LogP) is 4.73. The molecule has 0 spiro atoms. The molecule has 8 rings (SSSR count). The standard InChI is InChI=1S/C29H24F2N4O2/c1-4-18-20(30)7-5-15-9-17(36)10-19(24(15)18)27-26(31)23-13(2)14(3)33-28-25(23)29(34-27)37-12-22-21-8-6-16(11-32-21)35(22)28/h1,5,7,9-10,16,21-22,32,36H,6,8,11-12H2,2-3H3. The molecule has 3 saturated heterocycles. The molecule has 4 aliphatic heterocycles. The first-order chi connectivity index (χ1) is 17.9. The highest BCUT2D eigenvalue weighted by atomic mass is 19.1. The third-order valence-electron chi connectivity index (χ3n) is 8.25. The summed E-state index contributed by atoms with van der Waals surface area (Å²) in [7, 11) is 0. The number of fused-ring (bicyclic) bond motifs is 3. The number of ether oxygens (including phenoxy) is 1. The molecule has 2 aromatic heterocycles. The second-order valence-electron chi connectivity index (χ2n) is 10.2. The van der Waals surface area contributed by atoms with Crippen LogP contribution in [0.15, 0.2) is 24.3 Å². The number of terminal acetylenes is 1. The van der Waals surface area contributed by atoms with Crippen molar-refractivity contribution in [3.63, 3.8) is 0 Å². The number of phenols is 1. The number of aromatic hydroxyl groups is 1. The number of nitrogens with one attached hydrogen (secondary N) is 1. The van der Waals surface area contributed by atoms with Crippen LogP contribution in [0.25, 0.3) is 32.8 Å². The van der Waals surface area contributed by atoms with E-state index in [4.69, 9.17) is 16.1 Å². The van der Waals surface area contributed by atoms with E-state index in [1.54, 1.807) is 0 Å². The Labute approximate surface area is 212 Å². The Morgan fingerprint density at radius 3 is 2.73 bits per heavy atom. The van der Waals surface area contributed by atoms with E-state index in [0.717, 1.165) is 25.1 Å². The van der Waals surface area contributed by atoms with E-state index in [1.807, 2.05) is 13.8 Å². The highest BCUT2D eigenvalue weighted by Gasteiger charge is 2.45. The van der Waals surface area contributed by atoms with Crippen LogP contribution in [0.1, 0.15) is 29.7 Å². The number of phenolic OH excluding ortho intramolecular Hbond substituents is 1. The highest BCUT2D eigenvalue weighted by molar-refractivity contribution is 6.06. The van der Waals surface area contributed by atoms with Crippen molar-refractivity contribution in [2.24, 2.45) is 0 Å². The van der Waals surface area contributed by atoms with Crippen LogP contribution in [0.3, 0.4) is 0 Å². The number of aryl methyl sites for hydroxylation is 2. The van der Waals surface area contributed by atoms with E-state index < -0.39 is 11.6 Å². The van der Waals surface area contributed by atoms with Crippen LogP contribution in [0.2, 0.25) is 0 Å². The van der Waals surface area contributed by atoms with Crippen LogP contribution in [0.5, 0.6) is 11.6 Å². The van der Waals surface area contributed by atoms with Gasteiger partial charge in [-0.2, -0.15) is 0 Å². The summed E-state index contributed by atoms with van der Waals surface area (Å²) in [5.74, 6) is 2.08. The number of hydrogen-bond donors (Lipinski definition) is 2. The van der Waals surface area contributed by atoms with E-state index >= 15 is 4.39 Å². The third-order valence-corrected chi connectivity index (χ3v) is 8.25. The predicted molar refractivity (Wildman–Crippen MR) is 138 cm³/mol. The topological polar surface area (TPSA) is 70.5 Å². The zero-order valence-electron chi connectivity index (χ0n) is 20.4. The molecule has 8 heteroatoms. The molecule has 3 unspecified atom stereocenters. The van der Waals surface area contributed by atoms with Crippen molar-refractivity contribution in [1.29, 1.82) is 0 Å². The quantitative estimate of drug-likeness (QED) is 0.370.